The van der Waals surface area contributed by atoms with Crippen molar-refractivity contribution in [2.45, 2.75) is 25.9 Å². The van der Waals surface area contributed by atoms with Gasteiger partial charge in [0.15, 0.2) is 0 Å². The average molecular weight is 282 g/mol. The molecule has 2 aromatic rings. The molecule has 2 nitrogen and oxygen atoms in total. The second-order valence-electron chi connectivity index (χ2n) is 5.22. The molecule has 0 heterocycles. The van der Waals surface area contributed by atoms with E-state index in [1.54, 1.807) is 7.11 Å². The normalized spacial score (nSPS) is 13.0. The summed E-state index contributed by atoms with van der Waals surface area (Å²) in [6, 6.07) is 17.9. The largest absolute Gasteiger partial charge is 0.497 e. The number of ether oxygens (including phenoxy) is 1. The van der Waals surface area contributed by atoms with Gasteiger partial charge in [-0.2, -0.15) is 0 Å². The van der Waals surface area contributed by atoms with Crippen LogP contribution >= 0.6 is 0 Å². The minimum Gasteiger partial charge on any atom is -0.497 e. The molecule has 0 bridgehead atoms. The second kappa shape index (κ2) is 7.65. The molecule has 0 radical (unpaired) electrons. The topological polar surface area (TPSA) is 29.5 Å². The molecule has 0 saturated carbocycles. The van der Waals surface area contributed by atoms with E-state index in [1.807, 2.05) is 36.4 Å². The van der Waals surface area contributed by atoms with Crippen LogP contribution < -0.4 is 4.74 Å². The van der Waals surface area contributed by atoms with Crippen molar-refractivity contribution in [3.63, 3.8) is 0 Å². The van der Waals surface area contributed by atoms with E-state index in [2.05, 4.69) is 31.2 Å². The van der Waals surface area contributed by atoms with Gasteiger partial charge in [0.1, 0.15) is 5.75 Å². The van der Waals surface area contributed by atoms with E-state index in [1.165, 1.54) is 11.1 Å². The lowest BCUT2D eigenvalue weighted by molar-refractivity contribution is 0.227. The Morgan fingerprint density at radius 1 is 1.14 bits per heavy atom. The molecule has 0 amide bonds. The van der Waals surface area contributed by atoms with Crippen molar-refractivity contribution in [2.24, 2.45) is 0 Å². The molecule has 2 heteroatoms. The Morgan fingerprint density at radius 3 is 2.62 bits per heavy atom. The third-order valence-corrected chi connectivity index (χ3v) is 3.53. The van der Waals surface area contributed by atoms with Crippen molar-refractivity contribution in [3.05, 3.63) is 77.4 Å². The van der Waals surface area contributed by atoms with E-state index in [4.69, 9.17) is 4.74 Å². The number of benzene rings is 2. The Labute approximate surface area is 126 Å². The van der Waals surface area contributed by atoms with Crippen LogP contribution in [0.4, 0.5) is 0 Å². The Morgan fingerprint density at radius 2 is 1.90 bits per heavy atom. The maximum atomic E-state index is 10.3. The summed E-state index contributed by atoms with van der Waals surface area (Å²) in [5.74, 6) is 0.766. The fourth-order valence-electron chi connectivity index (χ4n) is 2.26. The fourth-order valence-corrected chi connectivity index (χ4v) is 2.26. The first-order valence-corrected chi connectivity index (χ1v) is 7.22. The maximum absolute atomic E-state index is 10.3. The van der Waals surface area contributed by atoms with Gasteiger partial charge in [0.25, 0.3) is 0 Å². The molecule has 0 fully saturated rings. The van der Waals surface area contributed by atoms with E-state index < -0.39 is 6.10 Å². The number of hydrogen-bond acceptors (Lipinski definition) is 2. The minimum absolute atomic E-state index is 0.587. The van der Waals surface area contributed by atoms with Crippen LogP contribution in [-0.4, -0.2) is 12.2 Å². The number of aliphatic hydroxyl groups is 1. The van der Waals surface area contributed by atoms with Gasteiger partial charge in [-0.1, -0.05) is 54.1 Å². The zero-order valence-electron chi connectivity index (χ0n) is 12.6. The summed E-state index contributed by atoms with van der Waals surface area (Å²) in [6.45, 7) is 2.06. The minimum atomic E-state index is -0.587. The van der Waals surface area contributed by atoms with E-state index in [-0.39, 0.29) is 0 Å². The van der Waals surface area contributed by atoms with Crippen molar-refractivity contribution in [2.75, 3.05) is 7.11 Å². The van der Waals surface area contributed by atoms with E-state index >= 15 is 0 Å². The van der Waals surface area contributed by atoms with Crippen LogP contribution in [0.25, 0.3) is 0 Å². The molecular formula is C19H22O2. The number of aryl methyl sites for hydroxylation is 1. The van der Waals surface area contributed by atoms with Crippen molar-refractivity contribution in [1.82, 2.24) is 0 Å². The molecule has 2 rings (SSSR count). The van der Waals surface area contributed by atoms with E-state index in [9.17, 15) is 5.11 Å². The fraction of sp³-hybridized carbons (Fsp3) is 0.263. The maximum Gasteiger partial charge on any atom is 0.119 e. The monoisotopic (exact) mass is 282 g/mol. The van der Waals surface area contributed by atoms with Gasteiger partial charge in [-0.3, -0.25) is 0 Å². The summed E-state index contributed by atoms with van der Waals surface area (Å²) in [4.78, 5) is 0. The Kier molecular flexibility index (Phi) is 5.59. The summed E-state index contributed by atoms with van der Waals surface area (Å²) < 4.78 is 5.18. The first kappa shape index (κ1) is 15.3. The molecule has 1 unspecified atom stereocenters. The molecule has 1 N–H and O–H groups in total. The van der Waals surface area contributed by atoms with Crippen LogP contribution in [0.3, 0.4) is 0 Å². The average Bonchev–Trinajstić information content (AvgIpc) is 2.54. The summed E-state index contributed by atoms with van der Waals surface area (Å²) >= 11 is 0. The number of hydrogen-bond donors (Lipinski definition) is 1. The highest BCUT2D eigenvalue weighted by atomic mass is 16.5. The van der Waals surface area contributed by atoms with Crippen LogP contribution in [0.1, 0.15) is 30.6 Å². The highest BCUT2D eigenvalue weighted by molar-refractivity contribution is 5.32. The van der Waals surface area contributed by atoms with Crippen molar-refractivity contribution in [1.29, 1.82) is 0 Å². The molecule has 0 spiro atoms. The summed E-state index contributed by atoms with van der Waals surface area (Å²) in [7, 11) is 1.63. The highest BCUT2D eigenvalue weighted by Gasteiger charge is 2.06. The first-order chi connectivity index (χ1) is 10.2. The van der Waals surface area contributed by atoms with Gasteiger partial charge in [0.2, 0.25) is 0 Å². The summed E-state index contributed by atoms with van der Waals surface area (Å²) in [5, 5.41) is 10.3. The lowest BCUT2D eigenvalue weighted by atomic mass is 10.0. The van der Waals surface area contributed by atoms with Crippen LogP contribution in [0, 0.1) is 0 Å². The zero-order valence-corrected chi connectivity index (χ0v) is 12.6. The number of aliphatic hydroxyl groups excluding tert-OH is 1. The van der Waals surface area contributed by atoms with Gasteiger partial charge in [0.05, 0.1) is 13.2 Å². The second-order valence-corrected chi connectivity index (χ2v) is 5.22. The third kappa shape index (κ3) is 4.76. The molecular weight excluding hydrogens is 260 g/mol. The van der Waals surface area contributed by atoms with E-state index in [0.717, 1.165) is 24.2 Å². The van der Waals surface area contributed by atoms with Crippen molar-refractivity contribution in [3.8, 4) is 5.75 Å². The van der Waals surface area contributed by atoms with E-state index in [0.29, 0.717) is 0 Å². The van der Waals surface area contributed by atoms with Crippen LogP contribution in [-0.2, 0) is 6.42 Å². The Balaban J connectivity index is 1.97. The lowest BCUT2D eigenvalue weighted by Gasteiger charge is -2.10. The standard InChI is InChI=1S/C19H22O2/c1-15(11-12-16-7-4-3-5-8-16)13-19(20)17-9-6-10-18(14-17)21-2/h3-10,13-14,19-20H,11-12H2,1-2H3/b15-13+. The number of rotatable bonds is 6. The predicted octanol–water partition coefficient (Wildman–Crippen LogP) is 4.31. The zero-order chi connectivity index (χ0) is 15.1. The molecule has 0 aromatic heterocycles. The molecule has 2 aromatic carbocycles. The van der Waals surface area contributed by atoms with Crippen LogP contribution in [0.2, 0.25) is 0 Å². The highest BCUT2D eigenvalue weighted by Crippen LogP contribution is 2.22. The Bertz CT molecular complexity index is 588. The molecule has 0 aliphatic heterocycles. The number of allylic oxidation sites excluding steroid dienone is 1. The third-order valence-electron chi connectivity index (χ3n) is 3.53. The summed E-state index contributed by atoms with van der Waals surface area (Å²) in [6.07, 6.45) is 3.27. The quantitative estimate of drug-likeness (QED) is 0.800. The smallest absolute Gasteiger partial charge is 0.119 e. The van der Waals surface area contributed by atoms with Gasteiger partial charge in [0, 0.05) is 0 Å². The van der Waals surface area contributed by atoms with Crippen LogP contribution in [0.5, 0.6) is 5.75 Å². The summed E-state index contributed by atoms with van der Waals surface area (Å²) in [5.41, 5.74) is 3.36. The van der Waals surface area contributed by atoms with Crippen LogP contribution in [0.15, 0.2) is 66.2 Å². The molecule has 1 atom stereocenters. The van der Waals surface area contributed by atoms with Gasteiger partial charge in [-0.25, -0.2) is 0 Å². The van der Waals surface area contributed by atoms with Crippen molar-refractivity contribution >= 4 is 0 Å². The van der Waals surface area contributed by atoms with Gasteiger partial charge in [-0.05, 0) is 43.0 Å². The molecule has 0 saturated heterocycles. The van der Waals surface area contributed by atoms with Gasteiger partial charge in [-0.15, -0.1) is 0 Å². The van der Waals surface area contributed by atoms with Gasteiger partial charge < -0.3 is 9.84 Å². The molecule has 0 aliphatic carbocycles. The number of methoxy groups -OCH3 is 1. The first-order valence-electron chi connectivity index (χ1n) is 7.22. The van der Waals surface area contributed by atoms with Gasteiger partial charge >= 0.3 is 0 Å². The molecule has 110 valence electrons. The Hall–Kier alpha value is -2.06. The molecule has 21 heavy (non-hydrogen) atoms. The molecule has 0 aliphatic rings. The predicted molar refractivity (Wildman–Crippen MR) is 86.5 cm³/mol. The lowest BCUT2D eigenvalue weighted by Crippen LogP contribution is -1.96. The SMILES string of the molecule is COc1cccc(C(O)/C=C(\C)CCc2ccccc2)c1. The van der Waals surface area contributed by atoms with Crippen molar-refractivity contribution < 1.29 is 9.84 Å².